The summed E-state index contributed by atoms with van der Waals surface area (Å²) in [7, 11) is 0. The van der Waals surface area contributed by atoms with E-state index in [1.807, 2.05) is 13.1 Å². The Morgan fingerprint density at radius 1 is 1.09 bits per heavy atom. The first kappa shape index (κ1) is 33.5. The van der Waals surface area contributed by atoms with E-state index in [4.69, 9.17) is 25.2 Å². The zero-order valence-corrected chi connectivity index (χ0v) is 24.9. The van der Waals surface area contributed by atoms with Crippen molar-refractivity contribution in [2.24, 2.45) is 5.41 Å². The smallest absolute Gasteiger partial charge is 0.336 e. The highest BCUT2D eigenvalue weighted by Crippen LogP contribution is 2.41. The van der Waals surface area contributed by atoms with Crippen molar-refractivity contribution in [2.45, 2.75) is 70.9 Å². The summed E-state index contributed by atoms with van der Waals surface area (Å²) in [6.45, 7) is 12.3. The third-order valence-corrected chi connectivity index (χ3v) is 7.85. The Kier molecular flexibility index (Phi) is 10.9. The maximum atomic E-state index is 10.3. The predicted molar refractivity (Wildman–Crippen MR) is 154 cm³/mol. The van der Waals surface area contributed by atoms with Gasteiger partial charge >= 0.3 is 17.9 Å². The molecular weight excluding hydrogens is 560 g/mol. The molecule has 3 aromatic heterocycles. The number of likely N-dealkylation sites (tertiary alicyclic amines) is 1. The first-order valence-electron chi connectivity index (χ1n) is 14.0. The summed E-state index contributed by atoms with van der Waals surface area (Å²) < 4.78 is 5.96. The Morgan fingerprint density at radius 2 is 1.79 bits per heavy atom. The zero-order chi connectivity index (χ0) is 31.8. The number of nitrogens with zero attached hydrogens (tertiary/aromatic N) is 5. The number of H-pyrrole nitrogens is 1. The van der Waals surface area contributed by atoms with Gasteiger partial charge in [-0.25, -0.2) is 19.7 Å². The standard InChI is InChI=1S/C23H32N6O.C6H8O7/c1-5-30-15-23(9-8-20-27-19-13-24-16-26-21(19)28-20)10-11-29(14-23)22(3,4)18-7-6-17(2)25-12-18;7-3(8)1-6(13,5(11)12)2-4(9)10/h6-7,12-13,16H,5,8-11,14-15H2,1-4H3,(H,24,26,27,28);13H,1-2H2,(H,7,8)(H,9,10)(H,11,12). The van der Waals surface area contributed by atoms with Gasteiger partial charge in [0.1, 0.15) is 17.7 Å². The zero-order valence-electron chi connectivity index (χ0n) is 24.9. The molecule has 1 atom stereocenters. The van der Waals surface area contributed by atoms with E-state index in [1.54, 1.807) is 12.5 Å². The number of nitrogens with one attached hydrogen (secondary N) is 1. The quantitative estimate of drug-likeness (QED) is 0.191. The molecule has 3 aromatic rings. The molecule has 4 heterocycles. The van der Waals surface area contributed by atoms with E-state index in [9.17, 15) is 14.4 Å². The van der Waals surface area contributed by atoms with Crippen molar-refractivity contribution in [3.63, 3.8) is 0 Å². The third-order valence-electron chi connectivity index (χ3n) is 7.85. The van der Waals surface area contributed by atoms with Gasteiger partial charge in [0.25, 0.3) is 0 Å². The minimum absolute atomic E-state index is 0.0659. The second-order valence-corrected chi connectivity index (χ2v) is 11.5. The molecule has 0 radical (unpaired) electrons. The normalized spacial score (nSPS) is 17.4. The number of hydrogen-bond donors (Lipinski definition) is 5. The van der Waals surface area contributed by atoms with Crippen molar-refractivity contribution in [2.75, 3.05) is 26.3 Å². The monoisotopic (exact) mass is 600 g/mol. The van der Waals surface area contributed by atoms with Crippen LogP contribution in [0.2, 0.25) is 0 Å². The lowest BCUT2D eigenvalue weighted by atomic mass is 9.82. The Hall–Kier alpha value is -4.01. The molecule has 0 amide bonds. The van der Waals surface area contributed by atoms with Gasteiger partial charge in [0.15, 0.2) is 11.2 Å². The van der Waals surface area contributed by atoms with Crippen LogP contribution < -0.4 is 0 Å². The van der Waals surface area contributed by atoms with E-state index in [1.165, 1.54) is 5.56 Å². The molecule has 234 valence electrons. The first-order chi connectivity index (χ1) is 20.2. The highest BCUT2D eigenvalue weighted by Gasteiger charge is 2.44. The summed E-state index contributed by atoms with van der Waals surface area (Å²) in [4.78, 5) is 53.9. The molecule has 4 rings (SSSR count). The average molecular weight is 601 g/mol. The van der Waals surface area contributed by atoms with Gasteiger partial charge in [0, 0.05) is 42.4 Å². The Morgan fingerprint density at radius 3 is 2.35 bits per heavy atom. The number of aliphatic hydroxyl groups is 1. The number of carbonyl (C=O) groups is 3. The molecule has 0 aromatic carbocycles. The van der Waals surface area contributed by atoms with Crippen molar-refractivity contribution in [3.8, 4) is 0 Å². The van der Waals surface area contributed by atoms with Gasteiger partial charge in [-0.1, -0.05) is 6.07 Å². The van der Waals surface area contributed by atoms with Gasteiger partial charge in [0.05, 0.1) is 25.6 Å². The van der Waals surface area contributed by atoms with Gasteiger partial charge in [0.2, 0.25) is 0 Å². The number of ether oxygens (including phenoxy) is 1. The molecule has 1 saturated heterocycles. The van der Waals surface area contributed by atoms with Crippen molar-refractivity contribution in [3.05, 3.63) is 47.9 Å². The van der Waals surface area contributed by atoms with Crippen LogP contribution in [0.25, 0.3) is 11.2 Å². The van der Waals surface area contributed by atoms with Gasteiger partial charge in [-0.3, -0.25) is 19.5 Å². The van der Waals surface area contributed by atoms with Crippen molar-refractivity contribution < 1.29 is 39.5 Å². The van der Waals surface area contributed by atoms with E-state index in [2.05, 4.69) is 62.7 Å². The van der Waals surface area contributed by atoms with Gasteiger partial charge in [-0.05, 0) is 58.7 Å². The van der Waals surface area contributed by atoms with Crippen LogP contribution in [0.4, 0.5) is 0 Å². The van der Waals surface area contributed by atoms with Crippen molar-refractivity contribution in [1.29, 1.82) is 0 Å². The Bertz CT molecular complexity index is 1360. The lowest BCUT2D eigenvalue weighted by Gasteiger charge is -2.38. The third kappa shape index (κ3) is 8.75. The van der Waals surface area contributed by atoms with Crippen LogP contribution in [0.15, 0.2) is 30.9 Å². The largest absolute Gasteiger partial charge is 0.481 e. The molecule has 0 saturated carbocycles. The molecule has 43 heavy (non-hydrogen) atoms. The molecule has 5 N–H and O–H groups in total. The molecule has 1 unspecified atom stereocenters. The minimum atomic E-state index is -2.74. The second-order valence-electron chi connectivity index (χ2n) is 11.5. The molecule has 1 aliphatic heterocycles. The number of hydrogen-bond acceptors (Lipinski definition) is 10. The van der Waals surface area contributed by atoms with Crippen LogP contribution in [0.3, 0.4) is 0 Å². The lowest BCUT2D eigenvalue weighted by molar-refractivity contribution is -0.170. The summed E-state index contributed by atoms with van der Waals surface area (Å²) in [6, 6.07) is 4.31. The fraction of sp³-hybridized carbons (Fsp3) is 0.552. The van der Waals surface area contributed by atoms with Crippen LogP contribution in [-0.2, 0) is 31.1 Å². The summed E-state index contributed by atoms with van der Waals surface area (Å²) in [5.41, 5.74) is 1.26. The minimum Gasteiger partial charge on any atom is -0.481 e. The number of carboxylic acid groups (broad SMARTS) is 3. The number of aromatic nitrogens is 5. The Balaban J connectivity index is 0.000000331. The molecule has 0 bridgehead atoms. The maximum Gasteiger partial charge on any atom is 0.336 e. The van der Waals surface area contributed by atoms with Gasteiger partial charge < -0.3 is 30.1 Å². The number of aliphatic carboxylic acids is 3. The molecule has 1 fully saturated rings. The first-order valence-corrected chi connectivity index (χ1v) is 14.0. The number of aryl methyl sites for hydroxylation is 2. The van der Waals surface area contributed by atoms with E-state index in [-0.39, 0.29) is 11.0 Å². The average Bonchev–Trinajstić information content (AvgIpc) is 3.56. The number of imidazole rings is 1. The SMILES string of the molecule is CCOCC1(CCc2nc3ncncc3[nH]2)CCN(C(C)(C)c2ccc(C)nc2)C1.O=C(O)CC(O)(CC(=O)O)C(=O)O. The summed E-state index contributed by atoms with van der Waals surface area (Å²) in [5.74, 6) is -4.04. The van der Waals surface area contributed by atoms with E-state index < -0.39 is 36.4 Å². The van der Waals surface area contributed by atoms with E-state index >= 15 is 0 Å². The van der Waals surface area contributed by atoms with Crippen LogP contribution in [-0.4, -0.2) is 100 Å². The summed E-state index contributed by atoms with van der Waals surface area (Å²) in [6.07, 6.45) is 6.08. The topological polar surface area (TPSA) is 212 Å². The highest BCUT2D eigenvalue weighted by atomic mass is 16.5. The number of rotatable bonds is 13. The highest BCUT2D eigenvalue weighted by molar-refractivity contribution is 5.88. The fourth-order valence-corrected chi connectivity index (χ4v) is 5.16. The van der Waals surface area contributed by atoms with Crippen molar-refractivity contribution in [1.82, 2.24) is 29.8 Å². The predicted octanol–water partition coefficient (Wildman–Crippen LogP) is 2.40. The number of carboxylic acids is 3. The summed E-state index contributed by atoms with van der Waals surface area (Å²) in [5, 5.41) is 33.8. The lowest BCUT2D eigenvalue weighted by Crippen LogP contribution is -2.42. The van der Waals surface area contributed by atoms with E-state index in [0.717, 1.165) is 68.2 Å². The van der Waals surface area contributed by atoms with Crippen LogP contribution in [0, 0.1) is 12.3 Å². The second kappa shape index (κ2) is 14.0. The van der Waals surface area contributed by atoms with Gasteiger partial charge in [-0.2, -0.15) is 0 Å². The Labute approximate surface area is 249 Å². The van der Waals surface area contributed by atoms with Gasteiger partial charge in [-0.15, -0.1) is 0 Å². The van der Waals surface area contributed by atoms with E-state index in [0.29, 0.717) is 0 Å². The van der Waals surface area contributed by atoms with Crippen LogP contribution in [0.5, 0.6) is 0 Å². The maximum absolute atomic E-state index is 10.3. The van der Waals surface area contributed by atoms with Crippen LogP contribution in [0.1, 0.15) is 63.5 Å². The molecule has 1 aliphatic rings. The number of pyridine rings is 1. The molecule has 0 aliphatic carbocycles. The fourth-order valence-electron chi connectivity index (χ4n) is 5.16. The molecule has 14 heteroatoms. The molecule has 0 spiro atoms. The number of fused-ring (bicyclic) bond motifs is 1. The molecular formula is C29H40N6O8. The van der Waals surface area contributed by atoms with Crippen molar-refractivity contribution >= 4 is 29.1 Å². The van der Waals surface area contributed by atoms with Crippen LogP contribution >= 0.6 is 0 Å². The summed E-state index contributed by atoms with van der Waals surface area (Å²) >= 11 is 0. The number of aromatic amines is 1. The molecule has 14 nitrogen and oxygen atoms in total.